The number of hydrogen-bond donors (Lipinski definition) is 0. The van der Waals surface area contributed by atoms with Crippen molar-refractivity contribution in [3.8, 4) is 0 Å². The fourth-order valence-electron chi connectivity index (χ4n) is 1.31. The van der Waals surface area contributed by atoms with Crippen molar-refractivity contribution < 1.29 is 19.0 Å². The second-order valence-corrected chi connectivity index (χ2v) is 3.99. The highest BCUT2D eigenvalue weighted by molar-refractivity contribution is 14.1. The normalized spacial score (nSPS) is 30.2. The quantitative estimate of drug-likeness (QED) is 0.341. The van der Waals surface area contributed by atoms with Gasteiger partial charge in [-0.15, -0.1) is 0 Å². The van der Waals surface area contributed by atoms with Crippen LogP contribution in [0.2, 0.25) is 0 Å². The van der Waals surface area contributed by atoms with E-state index < -0.39 is 0 Å². The molecule has 0 aromatic heterocycles. The standard InChI is InChI=1S/C10H15IO4/c1-3-13-10-5-4-8(14-7(2)12)9(6-11)15-10/h4-5,8-10H,3,6H2,1-2H3/t8-,9+,10-/m0/s1. The summed E-state index contributed by atoms with van der Waals surface area (Å²) in [6, 6.07) is 0. The maximum atomic E-state index is 10.8. The van der Waals surface area contributed by atoms with Crippen LogP contribution >= 0.6 is 22.6 Å². The van der Waals surface area contributed by atoms with Crippen LogP contribution in [-0.2, 0) is 19.0 Å². The summed E-state index contributed by atoms with van der Waals surface area (Å²) in [6.45, 7) is 3.91. The lowest BCUT2D eigenvalue weighted by Crippen LogP contribution is -2.39. The van der Waals surface area contributed by atoms with Crippen LogP contribution in [0.1, 0.15) is 13.8 Å². The molecule has 0 spiro atoms. The number of carbonyl (C=O) groups is 1. The first-order valence-electron chi connectivity index (χ1n) is 4.86. The van der Waals surface area contributed by atoms with Crippen molar-refractivity contribution in [2.24, 2.45) is 0 Å². The van der Waals surface area contributed by atoms with Crippen LogP contribution in [0, 0.1) is 0 Å². The molecular weight excluding hydrogens is 311 g/mol. The maximum Gasteiger partial charge on any atom is 0.303 e. The van der Waals surface area contributed by atoms with Gasteiger partial charge in [0, 0.05) is 18.0 Å². The highest BCUT2D eigenvalue weighted by atomic mass is 127. The van der Waals surface area contributed by atoms with Crippen LogP contribution < -0.4 is 0 Å². The smallest absolute Gasteiger partial charge is 0.303 e. The number of alkyl halides is 1. The van der Waals surface area contributed by atoms with Gasteiger partial charge in [0.25, 0.3) is 0 Å². The molecule has 1 aliphatic rings. The lowest BCUT2D eigenvalue weighted by Gasteiger charge is -2.30. The van der Waals surface area contributed by atoms with Gasteiger partial charge in [0.15, 0.2) is 6.29 Å². The highest BCUT2D eigenvalue weighted by Gasteiger charge is 2.28. The fraction of sp³-hybridized carbons (Fsp3) is 0.700. The van der Waals surface area contributed by atoms with Crippen molar-refractivity contribution in [2.45, 2.75) is 32.3 Å². The third kappa shape index (κ3) is 4.08. The molecule has 0 saturated heterocycles. The first-order valence-corrected chi connectivity index (χ1v) is 6.38. The minimum absolute atomic E-state index is 0.129. The summed E-state index contributed by atoms with van der Waals surface area (Å²) in [4.78, 5) is 10.8. The third-order valence-corrected chi connectivity index (χ3v) is 2.79. The Bertz CT molecular complexity index is 242. The largest absolute Gasteiger partial charge is 0.455 e. The Labute approximate surface area is 103 Å². The molecule has 1 heterocycles. The first-order chi connectivity index (χ1) is 7.17. The summed E-state index contributed by atoms with van der Waals surface area (Å²) < 4.78 is 16.8. The van der Waals surface area contributed by atoms with Crippen molar-refractivity contribution in [1.82, 2.24) is 0 Å². The second kappa shape index (κ2) is 6.44. The monoisotopic (exact) mass is 326 g/mol. The molecule has 0 saturated carbocycles. The van der Waals surface area contributed by atoms with E-state index >= 15 is 0 Å². The van der Waals surface area contributed by atoms with E-state index in [1.807, 2.05) is 13.0 Å². The minimum Gasteiger partial charge on any atom is -0.455 e. The van der Waals surface area contributed by atoms with Gasteiger partial charge in [-0.1, -0.05) is 22.6 Å². The maximum absolute atomic E-state index is 10.8. The van der Waals surface area contributed by atoms with Crippen molar-refractivity contribution in [2.75, 3.05) is 11.0 Å². The molecule has 86 valence electrons. The molecule has 4 nitrogen and oxygen atoms in total. The average molecular weight is 326 g/mol. The van der Waals surface area contributed by atoms with Crippen LogP contribution in [-0.4, -0.2) is 35.5 Å². The molecular formula is C10H15IO4. The molecule has 1 aliphatic heterocycles. The Balaban J connectivity index is 2.57. The summed E-state index contributed by atoms with van der Waals surface area (Å²) in [5.74, 6) is -0.294. The van der Waals surface area contributed by atoms with Crippen molar-refractivity contribution in [3.63, 3.8) is 0 Å². The predicted molar refractivity (Wildman–Crippen MR) is 63.9 cm³/mol. The van der Waals surface area contributed by atoms with Gasteiger partial charge in [-0.3, -0.25) is 4.79 Å². The Morgan fingerprint density at radius 2 is 2.27 bits per heavy atom. The first kappa shape index (κ1) is 12.9. The van der Waals surface area contributed by atoms with E-state index in [0.717, 1.165) is 4.43 Å². The fourth-order valence-corrected chi connectivity index (χ4v) is 2.02. The molecule has 0 aliphatic carbocycles. The molecule has 0 aromatic rings. The number of carbonyl (C=O) groups excluding carboxylic acids is 1. The highest BCUT2D eigenvalue weighted by Crippen LogP contribution is 2.18. The number of esters is 1. The van der Waals surface area contributed by atoms with Crippen molar-refractivity contribution >= 4 is 28.6 Å². The van der Waals surface area contributed by atoms with Crippen molar-refractivity contribution in [1.29, 1.82) is 0 Å². The number of hydrogen-bond acceptors (Lipinski definition) is 4. The Morgan fingerprint density at radius 3 is 2.80 bits per heavy atom. The predicted octanol–water partition coefficient (Wildman–Crippen LogP) is 1.67. The topological polar surface area (TPSA) is 44.8 Å². The van der Waals surface area contributed by atoms with Gasteiger partial charge in [0.05, 0.1) is 0 Å². The second-order valence-electron chi connectivity index (χ2n) is 3.11. The Hall–Kier alpha value is -0.140. The zero-order valence-electron chi connectivity index (χ0n) is 8.81. The Kier molecular flexibility index (Phi) is 5.55. The average Bonchev–Trinajstić information content (AvgIpc) is 2.20. The molecule has 15 heavy (non-hydrogen) atoms. The molecule has 0 aromatic carbocycles. The third-order valence-electron chi connectivity index (χ3n) is 1.92. The van der Waals surface area contributed by atoms with E-state index in [1.54, 1.807) is 6.08 Å². The van der Waals surface area contributed by atoms with Gasteiger partial charge in [-0.05, 0) is 19.1 Å². The molecule has 0 fully saturated rings. The van der Waals surface area contributed by atoms with Crippen LogP contribution in [0.25, 0.3) is 0 Å². The van der Waals surface area contributed by atoms with Crippen molar-refractivity contribution in [3.05, 3.63) is 12.2 Å². The summed E-state index contributed by atoms with van der Waals surface area (Å²) in [6.07, 6.45) is 2.86. The number of rotatable bonds is 4. The van der Waals surface area contributed by atoms with E-state index in [0.29, 0.717) is 6.61 Å². The zero-order valence-corrected chi connectivity index (χ0v) is 11.0. The van der Waals surface area contributed by atoms with Gasteiger partial charge in [0.1, 0.15) is 12.2 Å². The molecule has 5 heteroatoms. The molecule has 1 rings (SSSR count). The molecule has 0 radical (unpaired) electrons. The molecule has 0 amide bonds. The van der Waals surface area contributed by atoms with E-state index in [2.05, 4.69) is 22.6 Å². The number of ether oxygens (including phenoxy) is 3. The van der Waals surface area contributed by atoms with Crippen LogP contribution in [0.3, 0.4) is 0 Å². The number of halogens is 1. The molecule has 0 N–H and O–H groups in total. The lowest BCUT2D eigenvalue weighted by molar-refractivity contribution is -0.177. The minimum atomic E-state index is -0.318. The van der Waals surface area contributed by atoms with E-state index in [1.165, 1.54) is 6.92 Å². The molecule has 0 bridgehead atoms. The van der Waals surface area contributed by atoms with Gasteiger partial charge in [-0.25, -0.2) is 0 Å². The van der Waals surface area contributed by atoms with Gasteiger partial charge >= 0.3 is 5.97 Å². The van der Waals surface area contributed by atoms with Crippen LogP contribution in [0.5, 0.6) is 0 Å². The lowest BCUT2D eigenvalue weighted by atomic mass is 10.1. The zero-order chi connectivity index (χ0) is 11.3. The summed E-state index contributed by atoms with van der Waals surface area (Å²) in [7, 11) is 0. The van der Waals surface area contributed by atoms with E-state index in [-0.39, 0.29) is 24.5 Å². The van der Waals surface area contributed by atoms with Gasteiger partial charge < -0.3 is 14.2 Å². The summed E-state index contributed by atoms with van der Waals surface area (Å²) in [5.41, 5.74) is 0. The molecule has 0 unspecified atom stereocenters. The van der Waals surface area contributed by atoms with E-state index in [9.17, 15) is 4.79 Å². The summed E-state index contributed by atoms with van der Waals surface area (Å²) in [5, 5.41) is 0. The van der Waals surface area contributed by atoms with E-state index in [4.69, 9.17) is 14.2 Å². The van der Waals surface area contributed by atoms with Gasteiger partial charge in [0.2, 0.25) is 0 Å². The van der Waals surface area contributed by atoms with Crippen LogP contribution in [0.15, 0.2) is 12.2 Å². The van der Waals surface area contributed by atoms with Crippen LogP contribution in [0.4, 0.5) is 0 Å². The molecule has 3 atom stereocenters. The Morgan fingerprint density at radius 1 is 1.53 bits per heavy atom. The summed E-state index contributed by atoms with van der Waals surface area (Å²) >= 11 is 2.20. The van der Waals surface area contributed by atoms with Gasteiger partial charge in [-0.2, -0.15) is 0 Å². The SMILES string of the molecule is CCO[C@@H]1C=C[C@H](OC(C)=O)[C@@H](CI)O1.